The number of nitriles is 1. The van der Waals surface area contributed by atoms with E-state index in [0.29, 0.717) is 16.3 Å². The smallest absolute Gasteiger partial charge is 0.340 e. The summed E-state index contributed by atoms with van der Waals surface area (Å²) in [4.78, 5) is 25.9. The van der Waals surface area contributed by atoms with Crippen LogP contribution in [0.2, 0.25) is 0 Å². The lowest BCUT2D eigenvalue weighted by Crippen LogP contribution is -2.15. The normalized spacial score (nSPS) is 11.1. The number of aryl methyl sites for hydroxylation is 1. The Kier molecular flexibility index (Phi) is 7.39. The lowest BCUT2D eigenvalue weighted by Gasteiger charge is -2.05. The molecule has 2 aromatic heterocycles. The van der Waals surface area contributed by atoms with Crippen LogP contribution in [0.25, 0.3) is 17.3 Å². The van der Waals surface area contributed by atoms with Gasteiger partial charge in [0.05, 0.1) is 24.6 Å². The Morgan fingerprint density at radius 1 is 1.35 bits per heavy atom. The standard InChI is InChI=1S/C22H19BrN4O3S/c1-3-4-17-10-18(22(29)30-2)21(31-17)26-20(28)14(11-24)9-15-12-25-27-19(15)13-5-7-16(23)8-6-13/h5-10,12H,3-4H2,1-2H3,(H,25,27)(H,26,28). The van der Waals surface area contributed by atoms with Gasteiger partial charge >= 0.3 is 5.97 Å². The number of H-pyrrole nitrogens is 1. The molecule has 0 saturated carbocycles. The number of aromatic amines is 1. The molecule has 0 saturated heterocycles. The van der Waals surface area contributed by atoms with E-state index in [1.165, 1.54) is 24.5 Å². The largest absolute Gasteiger partial charge is 0.465 e. The van der Waals surface area contributed by atoms with Gasteiger partial charge in [0.2, 0.25) is 0 Å². The summed E-state index contributed by atoms with van der Waals surface area (Å²) in [5, 5.41) is 19.6. The van der Waals surface area contributed by atoms with Crippen LogP contribution in [-0.4, -0.2) is 29.2 Å². The van der Waals surface area contributed by atoms with E-state index in [1.54, 1.807) is 12.3 Å². The molecule has 1 aromatic carbocycles. The van der Waals surface area contributed by atoms with Gasteiger partial charge in [-0.05, 0) is 30.7 Å². The zero-order chi connectivity index (χ0) is 22.4. The number of ether oxygens (including phenoxy) is 1. The van der Waals surface area contributed by atoms with Crippen molar-refractivity contribution in [1.82, 2.24) is 10.2 Å². The molecule has 0 aliphatic rings. The van der Waals surface area contributed by atoms with Crippen LogP contribution >= 0.6 is 27.3 Å². The Morgan fingerprint density at radius 3 is 2.74 bits per heavy atom. The molecule has 0 fully saturated rings. The number of hydrogen-bond donors (Lipinski definition) is 2. The average Bonchev–Trinajstić information content (AvgIpc) is 3.39. The minimum Gasteiger partial charge on any atom is -0.465 e. The average molecular weight is 499 g/mol. The number of carbonyl (C=O) groups is 2. The first kappa shape index (κ1) is 22.5. The molecule has 0 atom stereocenters. The molecule has 0 aliphatic heterocycles. The summed E-state index contributed by atoms with van der Waals surface area (Å²) in [6.45, 7) is 2.03. The minimum atomic E-state index is -0.611. The molecule has 3 aromatic rings. The van der Waals surface area contributed by atoms with Gasteiger partial charge in [0.25, 0.3) is 5.91 Å². The van der Waals surface area contributed by atoms with Crippen LogP contribution in [-0.2, 0) is 16.0 Å². The first-order chi connectivity index (χ1) is 15.0. The number of aromatic nitrogens is 2. The summed E-state index contributed by atoms with van der Waals surface area (Å²) in [5.41, 5.74) is 2.31. The molecule has 1 amide bonds. The minimum absolute atomic E-state index is 0.110. The highest BCUT2D eigenvalue weighted by Crippen LogP contribution is 2.31. The van der Waals surface area contributed by atoms with E-state index in [1.807, 2.05) is 37.3 Å². The summed E-state index contributed by atoms with van der Waals surface area (Å²) >= 11 is 4.70. The molecule has 0 radical (unpaired) electrons. The molecule has 7 nitrogen and oxygen atoms in total. The maximum Gasteiger partial charge on any atom is 0.340 e. The predicted molar refractivity (Wildman–Crippen MR) is 124 cm³/mol. The van der Waals surface area contributed by atoms with E-state index in [2.05, 4.69) is 31.4 Å². The topological polar surface area (TPSA) is 108 Å². The zero-order valence-electron chi connectivity index (χ0n) is 16.9. The third kappa shape index (κ3) is 5.29. The van der Waals surface area contributed by atoms with Crippen LogP contribution in [0.3, 0.4) is 0 Å². The number of nitrogens with zero attached hydrogens (tertiary/aromatic N) is 2. The number of hydrogen-bond acceptors (Lipinski definition) is 6. The number of nitrogens with one attached hydrogen (secondary N) is 2. The summed E-state index contributed by atoms with van der Waals surface area (Å²) in [7, 11) is 1.29. The molecule has 0 spiro atoms. The molecule has 0 bridgehead atoms. The molecule has 158 valence electrons. The van der Waals surface area contributed by atoms with Gasteiger partial charge in [-0.1, -0.05) is 41.4 Å². The Balaban J connectivity index is 1.89. The quantitative estimate of drug-likeness (QED) is 0.265. The number of amides is 1. The summed E-state index contributed by atoms with van der Waals surface area (Å²) < 4.78 is 5.75. The monoisotopic (exact) mass is 498 g/mol. The Bertz CT molecular complexity index is 1170. The zero-order valence-corrected chi connectivity index (χ0v) is 19.3. The SMILES string of the molecule is CCCc1cc(C(=O)OC)c(NC(=O)C(C#N)=Cc2cn[nH]c2-c2ccc(Br)cc2)s1. The van der Waals surface area contributed by atoms with E-state index in [-0.39, 0.29) is 11.1 Å². The van der Waals surface area contributed by atoms with E-state index >= 15 is 0 Å². The summed E-state index contributed by atoms with van der Waals surface area (Å²) in [6.07, 6.45) is 4.69. The van der Waals surface area contributed by atoms with Crippen molar-refractivity contribution in [2.75, 3.05) is 12.4 Å². The number of rotatable bonds is 7. The van der Waals surface area contributed by atoms with Crippen molar-refractivity contribution in [2.45, 2.75) is 19.8 Å². The molecule has 2 heterocycles. The van der Waals surface area contributed by atoms with Crippen LogP contribution in [0.1, 0.15) is 34.1 Å². The molecule has 3 rings (SSSR count). The maximum atomic E-state index is 12.8. The van der Waals surface area contributed by atoms with Gasteiger partial charge in [-0.15, -0.1) is 11.3 Å². The fourth-order valence-electron chi connectivity index (χ4n) is 2.89. The third-order valence-corrected chi connectivity index (χ3v) is 6.02. The Labute approximate surface area is 191 Å². The van der Waals surface area contributed by atoms with E-state index in [9.17, 15) is 14.9 Å². The first-order valence-electron chi connectivity index (χ1n) is 9.40. The Hall–Kier alpha value is -3.22. The highest BCUT2D eigenvalue weighted by molar-refractivity contribution is 9.10. The Morgan fingerprint density at radius 2 is 2.10 bits per heavy atom. The van der Waals surface area contributed by atoms with Crippen molar-refractivity contribution in [3.8, 4) is 17.3 Å². The second-order valence-electron chi connectivity index (χ2n) is 6.53. The van der Waals surface area contributed by atoms with Gasteiger partial charge in [-0.3, -0.25) is 9.89 Å². The van der Waals surface area contributed by atoms with Crippen molar-refractivity contribution >= 4 is 50.2 Å². The first-order valence-corrected chi connectivity index (χ1v) is 11.0. The number of methoxy groups -OCH3 is 1. The number of esters is 1. The van der Waals surface area contributed by atoms with Crippen LogP contribution in [0.15, 0.2) is 46.6 Å². The lowest BCUT2D eigenvalue weighted by molar-refractivity contribution is -0.112. The van der Waals surface area contributed by atoms with E-state index < -0.39 is 11.9 Å². The van der Waals surface area contributed by atoms with Gasteiger partial charge < -0.3 is 10.1 Å². The number of thiophene rings is 1. The van der Waals surface area contributed by atoms with Crippen molar-refractivity contribution < 1.29 is 14.3 Å². The van der Waals surface area contributed by atoms with E-state index in [4.69, 9.17) is 4.74 Å². The van der Waals surface area contributed by atoms with Crippen LogP contribution in [0.4, 0.5) is 5.00 Å². The lowest BCUT2D eigenvalue weighted by atomic mass is 10.1. The molecule has 31 heavy (non-hydrogen) atoms. The number of anilines is 1. The number of halogens is 1. The van der Waals surface area contributed by atoms with Crippen molar-refractivity contribution in [1.29, 1.82) is 5.26 Å². The number of carbonyl (C=O) groups excluding carboxylic acids is 2. The maximum absolute atomic E-state index is 12.8. The van der Waals surface area contributed by atoms with Gasteiger partial charge in [-0.25, -0.2) is 4.79 Å². The van der Waals surface area contributed by atoms with Crippen LogP contribution in [0.5, 0.6) is 0 Å². The fourth-order valence-corrected chi connectivity index (χ4v) is 4.30. The predicted octanol–water partition coefficient (Wildman–Crippen LogP) is 5.19. The van der Waals surface area contributed by atoms with Gasteiger partial charge in [-0.2, -0.15) is 10.4 Å². The molecule has 0 aliphatic carbocycles. The summed E-state index contributed by atoms with van der Waals surface area (Å²) in [6, 6.07) is 11.2. The highest BCUT2D eigenvalue weighted by atomic mass is 79.9. The van der Waals surface area contributed by atoms with Crippen molar-refractivity contribution in [3.63, 3.8) is 0 Å². The van der Waals surface area contributed by atoms with Gasteiger partial charge in [0.15, 0.2) is 0 Å². The molecule has 9 heteroatoms. The van der Waals surface area contributed by atoms with E-state index in [0.717, 1.165) is 27.8 Å². The van der Waals surface area contributed by atoms with Crippen LogP contribution in [0, 0.1) is 11.3 Å². The molecule has 0 unspecified atom stereocenters. The molecular formula is C22H19BrN4O3S. The van der Waals surface area contributed by atoms with Crippen molar-refractivity contribution in [3.05, 3.63) is 62.6 Å². The van der Waals surface area contributed by atoms with Gasteiger partial charge in [0.1, 0.15) is 16.6 Å². The second kappa shape index (κ2) is 10.2. The molecule has 2 N–H and O–H groups in total. The fraction of sp³-hybridized carbons (Fsp3) is 0.182. The number of benzene rings is 1. The van der Waals surface area contributed by atoms with Crippen molar-refractivity contribution in [2.24, 2.45) is 0 Å². The van der Waals surface area contributed by atoms with Gasteiger partial charge in [0, 0.05) is 20.5 Å². The molecular weight excluding hydrogens is 480 g/mol. The summed E-state index contributed by atoms with van der Waals surface area (Å²) in [5.74, 6) is -1.15. The third-order valence-electron chi connectivity index (χ3n) is 4.38. The van der Waals surface area contributed by atoms with Crippen LogP contribution < -0.4 is 5.32 Å². The second-order valence-corrected chi connectivity index (χ2v) is 8.58. The highest BCUT2D eigenvalue weighted by Gasteiger charge is 2.20.